The molecule has 0 atom stereocenters. The first-order chi connectivity index (χ1) is 3.93. The highest BCUT2D eigenvalue weighted by molar-refractivity contribution is 5.40. The van der Waals surface area contributed by atoms with E-state index in [1.54, 1.807) is 6.19 Å². The van der Waals surface area contributed by atoms with Gasteiger partial charge in [-0.15, -0.1) is 0 Å². The summed E-state index contributed by atoms with van der Waals surface area (Å²) in [5.41, 5.74) is 0.576. The predicted molar refractivity (Wildman–Crippen MR) is 25.7 cm³/mol. The van der Waals surface area contributed by atoms with Gasteiger partial charge in [-0.3, -0.25) is 5.32 Å². The molecule has 0 aliphatic rings. The van der Waals surface area contributed by atoms with Gasteiger partial charge in [0.2, 0.25) is 0 Å². The molecular formula is C4H3N3O. The number of aromatic nitrogens is 1. The van der Waals surface area contributed by atoms with Gasteiger partial charge >= 0.3 is 0 Å². The van der Waals surface area contributed by atoms with Crippen molar-refractivity contribution in [1.29, 1.82) is 5.26 Å². The number of nitriles is 1. The van der Waals surface area contributed by atoms with Gasteiger partial charge in [-0.2, -0.15) is 5.26 Å². The maximum absolute atomic E-state index is 8.01. The number of nitrogens with one attached hydrogen (secondary N) is 1. The average molecular weight is 109 g/mol. The fraction of sp³-hybridized carbons (Fsp3) is 0. The first kappa shape index (κ1) is 4.65. The maximum Gasteiger partial charge on any atom is 0.181 e. The van der Waals surface area contributed by atoms with Crippen molar-refractivity contribution in [2.75, 3.05) is 5.32 Å². The van der Waals surface area contributed by atoms with Gasteiger partial charge in [0.1, 0.15) is 12.0 Å². The molecule has 1 rings (SSSR count). The van der Waals surface area contributed by atoms with E-state index in [4.69, 9.17) is 5.26 Å². The Labute approximate surface area is 45.7 Å². The minimum absolute atomic E-state index is 0.576. The van der Waals surface area contributed by atoms with Crippen LogP contribution in [0, 0.1) is 11.5 Å². The van der Waals surface area contributed by atoms with E-state index in [1.807, 2.05) is 0 Å². The van der Waals surface area contributed by atoms with E-state index in [0.29, 0.717) is 5.69 Å². The maximum atomic E-state index is 8.01. The van der Waals surface area contributed by atoms with Crippen LogP contribution < -0.4 is 5.32 Å². The van der Waals surface area contributed by atoms with Crippen LogP contribution in [-0.4, -0.2) is 5.16 Å². The van der Waals surface area contributed by atoms with Crippen molar-refractivity contribution >= 4 is 5.69 Å². The van der Waals surface area contributed by atoms with Crippen LogP contribution in [-0.2, 0) is 0 Å². The highest BCUT2D eigenvalue weighted by Crippen LogP contribution is 2.00. The van der Waals surface area contributed by atoms with Crippen molar-refractivity contribution in [2.24, 2.45) is 0 Å². The Morgan fingerprint density at radius 3 is 3.25 bits per heavy atom. The number of rotatable bonds is 1. The number of hydrogen-bond donors (Lipinski definition) is 1. The summed E-state index contributed by atoms with van der Waals surface area (Å²) in [6.45, 7) is 0. The lowest BCUT2D eigenvalue weighted by Gasteiger charge is -1.79. The standard InChI is InChI=1S/C4H3N3O/c5-3-6-4-1-7-8-2-4/h1-2,6H. The Morgan fingerprint density at radius 1 is 1.88 bits per heavy atom. The molecule has 0 saturated heterocycles. The normalized spacial score (nSPS) is 7.88. The summed E-state index contributed by atoms with van der Waals surface area (Å²) in [4.78, 5) is 0. The number of anilines is 1. The lowest BCUT2D eigenvalue weighted by atomic mass is 10.6. The Kier molecular flexibility index (Phi) is 1.15. The van der Waals surface area contributed by atoms with Crippen molar-refractivity contribution in [3.8, 4) is 6.19 Å². The van der Waals surface area contributed by atoms with Gasteiger partial charge in [-0.05, 0) is 0 Å². The number of hydrogen-bond acceptors (Lipinski definition) is 4. The van der Waals surface area contributed by atoms with Gasteiger partial charge in [0.15, 0.2) is 6.19 Å². The molecule has 0 unspecified atom stereocenters. The van der Waals surface area contributed by atoms with E-state index in [1.165, 1.54) is 12.5 Å². The van der Waals surface area contributed by atoms with E-state index in [2.05, 4.69) is 15.0 Å². The molecule has 0 aliphatic heterocycles. The molecule has 1 aromatic rings. The molecule has 0 saturated carbocycles. The third-order valence-corrected chi connectivity index (χ3v) is 0.633. The topological polar surface area (TPSA) is 61.9 Å². The molecule has 4 heteroatoms. The van der Waals surface area contributed by atoms with Crippen LogP contribution in [0.1, 0.15) is 0 Å². The van der Waals surface area contributed by atoms with Crippen LogP contribution in [0.25, 0.3) is 0 Å². The summed E-state index contributed by atoms with van der Waals surface area (Å²) in [6.07, 6.45) is 4.49. The zero-order valence-electron chi connectivity index (χ0n) is 3.96. The van der Waals surface area contributed by atoms with E-state index >= 15 is 0 Å². The molecule has 0 amide bonds. The molecule has 0 aromatic carbocycles. The Morgan fingerprint density at radius 2 is 2.75 bits per heavy atom. The highest BCUT2D eigenvalue weighted by atomic mass is 16.5. The lowest BCUT2D eigenvalue weighted by Crippen LogP contribution is -1.81. The predicted octanol–water partition coefficient (Wildman–Crippen LogP) is 0.568. The van der Waals surface area contributed by atoms with Gasteiger partial charge in [0.25, 0.3) is 0 Å². The Hall–Kier alpha value is -1.50. The minimum Gasteiger partial charge on any atom is -0.362 e. The second-order valence-corrected chi connectivity index (χ2v) is 1.15. The van der Waals surface area contributed by atoms with Crippen molar-refractivity contribution < 1.29 is 4.52 Å². The summed E-state index contributed by atoms with van der Waals surface area (Å²) in [5, 5.41) is 13.7. The van der Waals surface area contributed by atoms with Crippen LogP contribution in [0.3, 0.4) is 0 Å². The highest BCUT2D eigenvalue weighted by Gasteiger charge is 1.87. The third kappa shape index (κ3) is 0.763. The van der Waals surface area contributed by atoms with Crippen molar-refractivity contribution in [3.05, 3.63) is 12.5 Å². The van der Waals surface area contributed by atoms with Crippen LogP contribution in [0.4, 0.5) is 5.69 Å². The number of nitrogens with zero attached hydrogens (tertiary/aromatic N) is 2. The van der Waals surface area contributed by atoms with Crippen LogP contribution in [0.5, 0.6) is 0 Å². The average Bonchev–Trinajstić information content (AvgIpc) is 2.19. The second-order valence-electron chi connectivity index (χ2n) is 1.15. The fourth-order valence-electron chi connectivity index (χ4n) is 0.331. The summed E-state index contributed by atoms with van der Waals surface area (Å²) >= 11 is 0. The van der Waals surface area contributed by atoms with Crippen LogP contribution in [0.2, 0.25) is 0 Å². The van der Waals surface area contributed by atoms with Gasteiger partial charge in [-0.1, -0.05) is 5.16 Å². The van der Waals surface area contributed by atoms with Crippen molar-refractivity contribution in [2.45, 2.75) is 0 Å². The summed E-state index contributed by atoms with van der Waals surface area (Å²) in [7, 11) is 0. The second kappa shape index (κ2) is 1.98. The van der Waals surface area contributed by atoms with Gasteiger partial charge in [0.05, 0.1) is 6.20 Å². The molecule has 4 nitrogen and oxygen atoms in total. The molecule has 0 fully saturated rings. The molecule has 0 spiro atoms. The van der Waals surface area contributed by atoms with E-state index in [-0.39, 0.29) is 0 Å². The summed E-state index contributed by atoms with van der Waals surface area (Å²) < 4.78 is 4.40. The van der Waals surface area contributed by atoms with E-state index < -0.39 is 0 Å². The van der Waals surface area contributed by atoms with Gasteiger partial charge in [0, 0.05) is 0 Å². The quantitative estimate of drug-likeness (QED) is 0.423. The molecule has 1 aromatic heterocycles. The molecule has 0 radical (unpaired) electrons. The fourth-order valence-corrected chi connectivity index (χ4v) is 0.331. The van der Waals surface area contributed by atoms with Crippen molar-refractivity contribution in [3.63, 3.8) is 0 Å². The molecule has 1 heterocycles. The molecule has 0 bridgehead atoms. The molecule has 1 N–H and O–H groups in total. The summed E-state index contributed by atoms with van der Waals surface area (Å²) in [5.74, 6) is 0. The SMILES string of the molecule is N#CNc1cnoc1. The molecular weight excluding hydrogens is 106 g/mol. The van der Waals surface area contributed by atoms with Crippen LogP contribution >= 0.6 is 0 Å². The first-order valence-corrected chi connectivity index (χ1v) is 1.98. The molecule has 8 heavy (non-hydrogen) atoms. The third-order valence-electron chi connectivity index (χ3n) is 0.633. The zero-order valence-corrected chi connectivity index (χ0v) is 3.96. The monoisotopic (exact) mass is 109 g/mol. The largest absolute Gasteiger partial charge is 0.362 e. The van der Waals surface area contributed by atoms with Crippen molar-refractivity contribution in [1.82, 2.24) is 5.16 Å². The zero-order chi connectivity index (χ0) is 5.82. The molecule has 0 aliphatic carbocycles. The molecule has 40 valence electrons. The van der Waals surface area contributed by atoms with E-state index in [9.17, 15) is 0 Å². The van der Waals surface area contributed by atoms with Gasteiger partial charge in [-0.25, -0.2) is 0 Å². The van der Waals surface area contributed by atoms with E-state index in [0.717, 1.165) is 0 Å². The van der Waals surface area contributed by atoms with Gasteiger partial charge < -0.3 is 4.52 Å². The Balaban J connectivity index is 2.67. The smallest absolute Gasteiger partial charge is 0.181 e. The Bertz CT molecular complexity index is 186. The summed E-state index contributed by atoms with van der Waals surface area (Å²) in [6, 6.07) is 0. The lowest BCUT2D eigenvalue weighted by molar-refractivity contribution is 0.420. The minimum atomic E-state index is 0.576. The van der Waals surface area contributed by atoms with Crippen LogP contribution in [0.15, 0.2) is 17.0 Å². The first-order valence-electron chi connectivity index (χ1n) is 1.98.